The Morgan fingerprint density at radius 1 is 1.13 bits per heavy atom. The summed E-state index contributed by atoms with van der Waals surface area (Å²) in [4.78, 5) is 4.04. The molecule has 0 aliphatic heterocycles. The van der Waals surface area contributed by atoms with E-state index in [0.29, 0.717) is 22.2 Å². The van der Waals surface area contributed by atoms with Crippen LogP contribution in [0.25, 0.3) is 22.2 Å². The Balaban J connectivity index is 1.95. The van der Waals surface area contributed by atoms with Crippen LogP contribution in [0.15, 0.2) is 35.1 Å². The van der Waals surface area contributed by atoms with E-state index in [2.05, 4.69) is 11.9 Å². The maximum Gasteiger partial charge on any atom is 0.417 e. The van der Waals surface area contributed by atoms with E-state index in [-0.39, 0.29) is 5.56 Å². The Bertz CT molecular complexity index is 768. The summed E-state index contributed by atoms with van der Waals surface area (Å²) in [6, 6.07) is 3.12. The largest absolute Gasteiger partial charge is 0.443 e. The zero-order chi connectivity index (χ0) is 16.4. The highest BCUT2D eigenvalue weighted by atomic mass is 19.4. The molecule has 2 nitrogen and oxygen atoms in total. The molecule has 1 aromatic heterocycles. The number of nitrogens with zero attached hydrogens (tertiary/aromatic N) is 1. The lowest BCUT2D eigenvalue weighted by Crippen LogP contribution is -2.09. The molecule has 0 amide bonds. The molecule has 1 aliphatic carbocycles. The van der Waals surface area contributed by atoms with Crippen LogP contribution in [0.2, 0.25) is 0 Å². The van der Waals surface area contributed by atoms with Gasteiger partial charge in [-0.15, -0.1) is 0 Å². The summed E-state index contributed by atoms with van der Waals surface area (Å²) in [7, 11) is 0. The number of aromatic nitrogens is 1. The number of benzene rings is 1. The Morgan fingerprint density at radius 3 is 2.70 bits per heavy atom. The second kappa shape index (κ2) is 6.22. The summed E-state index contributed by atoms with van der Waals surface area (Å²) in [5.74, 6) is 0. The molecule has 0 unspecified atom stereocenters. The van der Waals surface area contributed by atoms with E-state index in [9.17, 15) is 13.2 Å². The van der Waals surface area contributed by atoms with Crippen LogP contribution < -0.4 is 0 Å². The zero-order valence-corrected chi connectivity index (χ0v) is 12.9. The topological polar surface area (TPSA) is 26.0 Å². The number of alkyl halides is 3. The molecule has 1 heterocycles. The van der Waals surface area contributed by atoms with Gasteiger partial charge in [0.25, 0.3) is 0 Å². The molecule has 0 bridgehead atoms. The summed E-state index contributed by atoms with van der Waals surface area (Å²) in [6.07, 6.45) is 5.20. The Labute approximate surface area is 132 Å². The number of allylic oxidation sites excluding steroid dienone is 4. The lowest BCUT2D eigenvalue weighted by molar-refractivity contribution is -0.0687. The Hall–Kier alpha value is -2.04. The van der Waals surface area contributed by atoms with Crippen molar-refractivity contribution in [1.29, 1.82) is 0 Å². The molecule has 0 atom stereocenters. The van der Waals surface area contributed by atoms with Crippen LogP contribution in [-0.2, 0) is 0 Å². The lowest BCUT2D eigenvalue weighted by atomic mass is 10.0. The first-order valence-electron chi connectivity index (χ1n) is 7.87. The van der Waals surface area contributed by atoms with Crippen LogP contribution in [0.5, 0.6) is 0 Å². The van der Waals surface area contributed by atoms with Crippen LogP contribution >= 0.6 is 0 Å². The Morgan fingerprint density at radius 2 is 1.96 bits per heavy atom. The number of hydrogen-bond acceptors (Lipinski definition) is 2. The van der Waals surface area contributed by atoms with Gasteiger partial charge in [0.2, 0.25) is 0 Å². The van der Waals surface area contributed by atoms with E-state index in [4.69, 9.17) is 4.42 Å². The highest BCUT2D eigenvalue weighted by Crippen LogP contribution is 2.45. The number of rotatable bonds is 5. The van der Waals surface area contributed by atoms with E-state index < -0.39 is 11.7 Å². The molecule has 0 radical (unpaired) electrons. The molecule has 0 spiro atoms. The molecule has 5 heteroatoms. The van der Waals surface area contributed by atoms with Gasteiger partial charge in [0.15, 0.2) is 12.0 Å². The van der Waals surface area contributed by atoms with Crippen molar-refractivity contribution >= 4 is 22.2 Å². The minimum atomic E-state index is -4.37. The standard InChI is InChI=1S/C18H18F3NO/c1-2-3-4-5-6-7-12-8-15(18(19,20)21)14-10-17-16(9-13(12)14)22-11-23-17/h7-11H,2-6H2,1H3. The second-order valence-corrected chi connectivity index (χ2v) is 5.78. The maximum absolute atomic E-state index is 13.3. The molecule has 0 saturated heterocycles. The first-order chi connectivity index (χ1) is 11.0. The minimum absolute atomic E-state index is 0.182. The number of fused-ring (bicyclic) bond motifs is 2. The molecular weight excluding hydrogens is 303 g/mol. The van der Waals surface area contributed by atoms with Crippen molar-refractivity contribution in [3.8, 4) is 0 Å². The molecule has 1 aliphatic rings. The molecule has 0 saturated carbocycles. The van der Waals surface area contributed by atoms with Crippen LogP contribution in [0, 0.1) is 0 Å². The Kier molecular flexibility index (Phi) is 4.28. The third kappa shape index (κ3) is 3.19. The molecule has 0 N–H and O–H groups in total. The smallest absolute Gasteiger partial charge is 0.417 e. The van der Waals surface area contributed by atoms with Crippen LogP contribution in [-0.4, -0.2) is 11.2 Å². The summed E-state index contributed by atoms with van der Waals surface area (Å²) in [5.41, 5.74) is 1.76. The van der Waals surface area contributed by atoms with E-state index in [1.807, 2.05) is 6.08 Å². The van der Waals surface area contributed by atoms with Gasteiger partial charge in [-0.25, -0.2) is 4.98 Å². The van der Waals surface area contributed by atoms with Gasteiger partial charge in [0.1, 0.15) is 5.52 Å². The second-order valence-electron chi connectivity index (χ2n) is 5.78. The first kappa shape index (κ1) is 15.8. The van der Waals surface area contributed by atoms with Crippen molar-refractivity contribution < 1.29 is 17.6 Å². The van der Waals surface area contributed by atoms with Crippen molar-refractivity contribution in [2.75, 3.05) is 0 Å². The molecule has 0 fully saturated rings. The fourth-order valence-electron chi connectivity index (χ4n) is 2.91. The SMILES string of the molecule is CCCCCCC=C1C=C(C(F)(F)F)c2cc3ocnc3cc21. The van der Waals surface area contributed by atoms with Gasteiger partial charge in [-0.05, 0) is 47.8 Å². The van der Waals surface area contributed by atoms with Gasteiger partial charge in [-0.2, -0.15) is 13.2 Å². The third-order valence-corrected chi connectivity index (χ3v) is 4.10. The van der Waals surface area contributed by atoms with E-state index in [0.717, 1.165) is 32.1 Å². The summed E-state index contributed by atoms with van der Waals surface area (Å²) in [6.45, 7) is 2.13. The minimum Gasteiger partial charge on any atom is -0.443 e. The predicted molar refractivity (Wildman–Crippen MR) is 84.8 cm³/mol. The van der Waals surface area contributed by atoms with Gasteiger partial charge in [-0.1, -0.05) is 32.3 Å². The predicted octanol–water partition coefficient (Wildman–Crippen LogP) is 6.14. The van der Waals surface area contributed by atoms with Gasteiger partial charge in [-0.3, -0.25) is 0 Å². The summed E-state index contributed by atoms with van der Waals surface area (Å²) in [5, 5.41) is 0. The van der Waals surface area contributed by atoms with Crippen molar-refractivity contribution in [3.63, 3.8) is 0 Å². The summed E-state index contributed by atoms with van der Waals surface area (Å²) < 4.78 is 45.0. The van der Waals surface area contributed by atoms with E-state index >= 15 is 0 Å². The molecular formula is C18H18F3NO. The van der Waals surface area contributed by atoms with E-state index in [1.165, 1.54) is 18.5 Å². The molecule has 122 valence electrons. The maximum atomic E-state index is 13.3. The van der Waals surface area contributed by atoms with Crippen LogP contribution in [0.3, 0.4) is 0 Å². The number of unbranched alkanes of at least 4 members (excludes halogenated alkanes) is 4. The normalized spacial score (nSPS) is 16.2. The van der Waals surface area contributed by atoms with E-state index in [1.54, 1.807) is 6.07 Å². The van der Waals surface area contributed by atoms with Crippen LogP contribution in [0.1, 0.15) is 50.2 Å². The van der Waals surface area contributed by atoms with Crippen molar-refractivity contribution in [2.24, 2.45) is 0 Å². The van der Waals surface area contributed by atoms with Crippen molar-refractivity contribution in [2.45, 2.75) is 45.2 Å². The monoisotopic (exact) mass is 321 g/mol. The molecule has 3 rings (SSSR count). The third-order valence-electron chi connectivity index (χ3n) is 4.10. The summed E-state index contributed by atoms with van der Waals surface area (Å²) >= 11 is 0. The highest BCUT2D eigenvalue weighted by Gasteiger charge is 2.39. The molecule has 23 heavy (non-hydrogen) atoms. The quantitative estimate of drug-likeness (QED) is 0.618. The zero-order valence-electron chi connectivity index (χ0n) is 12.9. The van der Waals surface area contributed by atoms with Gasteiger partial charge < -0.3 is 4.42 Å². The number of hydrogen-bond donors (Lipinski definition) is 0. The first-order valence-corrected chi connectivity index (χ1v) is 7.87. The average molecular weight is 321 g/mol. The average Bonchev–Trinajstić information content (AvgIpc) is 3.08. The fraction of sp³-hybridized carbons (Fsp3) is 0.389. The fourth-order valence-corrected chi connectivity index (χ4v) is 2.91. The number of halogens is 3. The molecule has 1 aromatic carbocycles. The number of oxazole rings is 1. The lowest BCUT2D eigenvalue weighted by Gasteiger charge is -2.09. The van der Waals surface area contributed by atoms with Crippen molar-refractivity contribution in [3.05, 3.63) is 41.8 Å². The highest BCUT2D eigenvalue weighted by molar-refractivity contribution is 6.00. The van der Waals surface area contributed by atoms with Gasteiger partial charge >= 0.3 is 6.18 Å². The van der Waals surface area contributed by atoms with Gasteiger partial charge in [0, 0.05) is 0 Å². The van der Waals surface area contributed by atoms with Crippen molar-refractivity contribution in [1.82, 2.24) is 4.98 Å². The molecule has 2 aromatic rings. The van der Waals surface area contributed by atoms with Gasteiger partial charge in [0.05, 0.1) is 5.57 Å². The van der Waals surface area contributed by atoms with Crippen LogP contribution in [0.4, 0.5) is 13.2 Å².